The van der Waals surface area contributed by atoms with Gasteiger partial charge in [0.15, 0.2) is 11.8 Å². The van der Waals surface area contributed by atoms with Crippen molar-refractivity contribution >= 4 is 35.6 Å². The Balaban J connectivity index is 0.00000385. The predicted octanol–water partition coefficient (Wildman–Crippen LogP) is 4.73. The summed E-state index contributed by atoms with van der Waals surface area (Å²) >= 11 is 0. The molecule has 8 nitrogen and oxygen atoms in total. The number of aryl methyl sites for hydroxylation is 1. The molecule has 9 heteroatoms. The van der Waals surface area contributed by atoms with Crippen LogP contribution >= 0.6 is 24.0 Å². The molecule has 0 radical (unpaired) electrons. The maximum Gasteiger partial charge on any atom is 0.196 e. The molecule has 0 saturated carbocycles. The summed E-state index contributed by atoms with van der Waals surface area (Å²) in [5.41, 5.74) is 0.921. The van der Waals surface area contributed by atoms with Crippen molar-refractivity contribution in [3.8, 4) is 11.5 Å². The van der Waals surface area contributed by atoms with Crippen LogP contribution in [0, 0.1) is 0 Å². The van der Waals surface area contributed by atoms with E-state index in [-0.39, 0.29) is 30.1 Å². The number of hydrogen-bond acceptors (Lipinski definition) is 5. The van der Waals surface area contributed by atoms with Crippen molar-refractivity contribution in [3.63, 3.8) is 0 Å². The number of aromatic nitrogens is 3. The average molecular weight is 564 g/mol. The third kappa shape index (κ3) is 9.29. The summed E-state index contributed by atoms with van der Waals surface area (Å²) in [6.07, 6.45) is 2.70. The number of para-hydroxylation sites is 1. The van der Waals surface area contributed by atoms with E-state index in [0.717, 1.165) is 36.0 Å². The number of hydrogen-bond donors (Lipinski definition) is 2. The molecule has 33 heavy (non-hydrogen) atoms. The minimum atomic E-state index is 0. The molecule has 3 rings (SSSR count). The molecule has 3 aromatic rings. The van der Waals surface area contributed by atoms with Crippen LogP contribution in [0.25, 0.3) is 0 Å². The zero-order valence-electron chi connectivity index (χ0n) is 19.4. The van der Waals surface area contributed by atoms with Crippen LogP contribution in [0.2, 0.25) is 0 Å². The van der Waals surface area contributed by atoms with Gasteiger partial charge in [0, 0.05) is 18.8 Å². The lowest BCUT2D eigenvalue weighted by Gasteiger charge is -2.14. The summed E-state index contributed by atoms with van der Waals surface area (Å²) in [5.74, 6) is 3.21. The van der Waals surface area contributed by atoms with Crippen molar-refractivity contribution < 1.29 is 9.47 Å². The summed E-state index contributed by atoms with van der Waals surface area (Å²) < 4.78 is 13.5. The van der Waals surface area contributed by atoms with Crippen molar-refractivity contribution in [1.82, 2.24) is 20.1 Å². The number of nitrogens with one attached hydrogen (secondary N) is 2. The van der Waals surface area contributed by atoms with Gasteiger partial charge in [0.05, 0.1) is 12.7 Å². The third-order valence-corrected chi connectivity index (χ3v) is 4.53. The van der Waals surface area contributed by atoms with Gasteiger partial charge in [-0.3, -0.25) is 0 Å². The minimum Gasteiger partial charge on any atom is -0.494 e. The Bertz CT molecular complexity index is 961. The lowest BCUT2D eigenvalue weighted by molar-refractivity contribution is 0.242. The molecule has 0 fully saturated rings. The van der Waals surface area contributed by atoms with Crippen molar-refractivity contribution in [1.29, 1.82) is 0 Å². The van der Waals surface area contributed by atoms with Gasteiger partial charge in [-0.2, -0.15) is 0 Å². The highest BCUT2D eigenvalue weighted by molar-refractivity contribution is 14.0. The van der Waals surface area contributed by atoms with Crippen LogP contribution in [-0.2, 0) is 13.1 Å². The van der Waals surface area contributed by atoms with Gasteiger partial charge < -0.3 is 24.7 Å². The normalized spacial score (nSPS) is 11.1. The molecule has 2 N–H and O–H groups in total. The van der Waals surface area contributed by atoms with Gasteiger partial charge in [-0.25, -0.2) is 4.99 Å². The van der Waals surface area contributed by atoms with Crippen LogP contribution in [0.1, 0.15) is 33.0 Å². The summed E-state index contributed by atoms with van der Waals surface area (Å²) in [7, 11) is 0. The first-order chi connectivity index (χ1) is 15.6. The van der Waals surface area contributed by atoms with Gasteiger partial charge in [-0.1, -0.05) is 18.2 Å². The fourth-order valence-corrected chi connectivity index (χ4v) is 2.97. The Morgan fingerprint density at radius 2 is 1.82 bits per heavy atom. The lowest BCUT2D eigenvalue weighted by Crippen LogP contribution is -2.32. The Morgan fingerprint density at radius 1 is 1.06 bits per heavy atom. The zero-order chi connectivity index (χ0) is 22.6. The van der Waals surface area contributed by atoms with E-state index in [2.05, 4.69) is 27.8 Å². The van der Waals surface area contributed by atoms with Crippen LogP contribution in [0.15, 0.2) is 65.9 Å². The summed E-state index contributed by atoms with van der Waals surface area (Å²) in [6.45, 7) is 8.65. The van der Waals surface area contributed by atoms with Crippen LogP contribution in [0.4, 0.5) is 5.69 Å². The van der Waals surface area contributed by atoms with Gasteiger partial charge in [0.1, 0.15) is 24.4 Å². The average Bonchev–Trinajstić information content (AvgIpc) is 3.26. The van der Waals surface area contributed by atoms with Crippen LogP contribution in [0.3, 0.4) is 0 Å². The Hall–Kier alpha value is -2.82. The fourth-order valence-electron chi connectivity index (χ4n) is 2.97. The lowest BCUT2D eigenvalue weighted by atomic mass is 10.3. The molecular formula is C24H33IN6O2. The number of benzene rings is 2. The quantitative estimate of drug-likeness (QED) is 0.152. The van der Waals surface area contributed by atoms with E-state index in [1.54, 1.807) is 6.33 Å². The van der Waals surface area contributed by atoms with Crippen molar-refractivity contribution in [2.75, 3.05) is 18.5 Å². The summed E-state index contributed by atoms with van der Waals surface area (Å²) in [5, 5.41) is 14.9. The number of aliphatic imine (C=N–C) groups is 1. The van der Waals surface area contributed by atoms with Crippen LogP contribution < -0.4 is 20.1 Å². The van der Waals surface area contributed by atoms with E-state index in [1.807, 2.05) is 73.0 Å². The number of guanidine groups is 1. The molecule has 0 spiro atoms. The SMILES string of the molecule is CCn1cnnc1CN=C(NCCCOc1ccccc1)Nc1ccc(OC(C)C)cc1.I. The summed E-state index contributed by atoms with van der Waals surface area (Å²) in [6, 6.07) is 17.7. The van der Waals surface area contributed by atoms with E-state index in [9.17, 15) is 0 Å². The molecule has 0 aliphatic heterocycles. The smallest absolute Gasteiger partial charge is 0.196 e. The second-order valence-electron chi connectivity index (χ2n) is 7.46. The summed E-state index contributed by atoms with van der Waals surface area (Å²) in [4.78, 5) is 4.70. The van der Waals surface area contributed by atoms with Gasteiger partial charge in [-0.15, -0.1) is 34.2 Å². The number of anilines is 1. The number of rotatable bonds is 11. The molecular weight excluding hydrogens is 531 g/mol. The standard InChI is InChI=1S/C24H32N6O2.HI/c1-4-30-18-27-29-23(30)17-26-24(25-15-8-16-31-21-9-6-5-7-10-21)28-20-11-13-22(14-12-20)32-19(2)3;/h5-7,9-14,18-19H,4,8,15-17H2,1-3H3,(H2,25,26,28);1H. The van der Waals surface area contributed by atoms with Crippen molar-refractivity contribution in [2.24, 2.45) is 4.99 Å². The molecule has 0 saturated heterocycles. The highest BCUT2D eigenvalue weighted by atomic mass is 127. The predicted molar refractivity (Wildman–Crippen MR) is 143 cm³/mol. The molecule has 2 aromatic carbocycles. The van der Waals surface area contributed by atoms with E-state index >= 15 is 0 Å². The monoisotopic (exact) mass is 564 g/mol. The van der Waals surface area contributed by atoms with Crippen molar-refractivity contribution in [3.05, 3.63) is 66.7 Å². The molecule has 1 heterocycles. The topological polar surface area (TPSA) is 85.6 Å². The number of halogens is 1. The first-order valence-corrected chi connectivity index (χ1v) is 11.0. The highest BCUT2D eigenvalue weighted by Crippen LogP contribution is 2.17. The Labute approximate surface area is 212 Å². The van der Waals surface area contributed by atoms with Crippen LogP contribution in [0.5, 0.6) is 11.5 Å². The van der Waals surface area contributed by atoms with Gasteiger partial charge >= 0.3 is 0 Å². The molecule has 0 amide bonds. The van der Waals surface area contributed by atoms with E-state index in [4.69, 9.17) is 14.5 Å². The molecule has 178 valence electrons. The third-order valence-electron chi connectivity index (χ3n) is 4.53. The molecule has 0 aliphatic carbocycles. The maximum absolute atomic E-state index is 5.76. The molecule has 0 atom stereocenters. The fraction of sp³-hybridized carbons (Fsp3) is 0.375. The van der Waals surface area contributed by atoms with Crippen molar-refractivity contribution in [2.45, 2.75) is 46.4 Å². The second-order valence-corrected chi connectivity index (χ2v) is 7.46. The number of nitrogens with zero attached hydrogens (tertiary/aromatic N) is 4. The molecule has 0 aliphatic rings. The largest absolute Gasteiger partial charge is 0.494 e. The van der Waals surface area contributed by atoms with Gasteiger partial charge in [0.25, 0.3) is 0 Å². The molecule has 0 unspecified atom stereocenters. The molecule has 1 aromatic heterocycles. The second kappa shape index (κ2) is 14.4. The van der Waals surface area contributed by atoms with E-state index < -0.39 is 0 Å². The highest BCUT2D eigenvalue weighted by Gasteiger charge is 2.05. The molecule has 0 bridgehead atoms. The van der Waals surface area contributed by atoms with Gasteiger partial charge in [-0.05, 0) is 63.6 Å². The van der Waals surface area contributed by atoms with E-state index in [1.165, 1.54) is 0 Å². The first-order valence-electron chi connectivity index (χ1n) is 11.0. The first kappa shape index (κ1) is 26.4. The van der Waals surface area contributed by atoms with Gasteiger partial charge in [0.2, 0.25) is 0 Å². The zero-order valence-corrected chi connectivity index (χ0v) is 21.7. The Kier molecular flexibility index (Phi) is 11.5. The van der Waals surface area contributed by atoms with Crippen LogP contribution in [-0.4, -0.2) is 40.0 Å². The Morgan fingerprint density at radius 3 is 2.52 bits per heavy atom. The van der Waals surface area contributed by atoms with E-state index in [0.29, 0.717) is 25.7 Å². The maximum atomic E-state index is 5.76. The number of ether oxygens (including phenoxy) is 2. The minimum absolute atomic E-state index is 0.